The third kappa shape index (κ3) is 5.82. The Bertz CT molecular complexity index is 1390. The van der Waals surface area contributed by atoms with Crippen molar-refractivity contribution in [3.63, 3.8) is 0 Å². The summed E-state index contributed by atoms with van der Waals surface area (Å²) in [5.41, 5.74) is -1.81. The number of methoxy groups -OCH3 is 1. The van der Waals surface area contributed by atoms with Gasteiger partial charge in [-0.3, -0.25) is 4.79 Å². The smallest absolute Gasteiger partial charge is 0.435 e. The van der Waals surface area contributed by atoms with Crippen molar-refractivity contribution in [3.8, 4) is 17.4 Å². The highest BCUT2D eigenvalue weighted by atomic mass is 35.5. The van der Waals surface area contributed by atoms with E-state index >= 15 is 0 Å². The number of nitrogens with one attached hydrogen (secondary N) is 2. The van der Waals surface area contributed by atoms with Crippen molar-refractivity contribution in [2.24, 2.45) is 0 Å². The summed E-state index contributed by atoms with van der Waals surface area (Å²) in [5.74, 6) is -1.00. The molecule has 1 amide bonds. The summed E-state index contributed by atoms with van der Waals surface area (Å²) in [4.78, 5) is 13.3. The second-order valence-corrected chi connectivity index (χ2v) is 10.1. The van der Waals surface area contributed by atoms with Crippen molar-refractivity contribution < 1.29 is 31.6 Å². The van der Waals surface area contributed by atoms with E-state index in [4.69, 9.17) is 25.9 Å². The van der Waals surface area contributed by atoms with E-state index in [1.807, 2.05) is 0 Å². The monoisotopic (exact) mass is 528 g/mol. The number of nitrogens with zero attached hydrogens (tertiary/aromatic N) is 2. The van der Waals surface area contributed by atoms with Crippen molar-refractivity contribution in [3.05, 3.63) is 63.8 Å². The van der Waals surface area contributed by atoms with Crippen molar-refractivity contribution in [2.75, 3.05) is 18.7 Å². The Balaban J connectivity index is 2.11. The summed E-state index contributed by atoms with van der Waals surface area (Å²) in [6, 6.07) is 8.65. The van der Waals surface area contributed by atoms with Gasteiger partial charge in [-0.05, 0) is 49.2 Å². The molecule has 0 aliphatic carbocycles. The first-order chi connectivity index (χ1) is 16.2. The highest BCUT2D eigenvalue weighted by Gasteiger charge is 2.38. The zero-order valence-corrected chi connectivity index (χ0v) is 20.5. The predicted octanol–water partition coefficient (Wildman–Crippen LogP) is 5.85. The summed E-state index contributed by atoms with van der Waals surface area (Å²) in [6.07, 6.45) is -3.68. The van der Waals surface area contributed by atoms with Crippen LogP contribution in [0.25, 0.3) is 0 Å². The number of amides is 1. The van der Waals surface area contributed by atoms with Crippen LogP contribution in [0.4, 0.5) is 18.9 Å². The molecule has 0 saturated heterocycles. The van der Waals surface area contributed by atoms with Gasteiger partial charge in [-0.15, -0.1) is 10.2 Å². The summed E-state index contributed by atoms with van der Waals surface area (Å²) < 4.78 is 71.1. The van der Waals surface area contributed by atoms with Crippen LogP contribution in [-0.4, -0.2) is 33.7 Å². The largest absolute Gasteiger partial charge is 0.497 e. The lowest BCUT2D eigenvalue weighted by Crippen LogP contribution is -2.21. The number of hydrogen-bond donors (Lipinski definition) is 2. The molecule has 1 heterocycles. The number of aromatic nitrogens is 2. The first-order valence-electron chi connectivity index (χ1n) is 9.84. The fraction of sp³-hybridized carbons (Fsp3) is 0.227. The van der Waals surface area contributed by atoms with Crippen molar-refractivity contribution >= 4 is 32.9 Å². The molecule has 2 N–H and O–H groups in total. The molecule has 2 aromatic carbocycles. The highest BCUT2D eigenvalue weighted by molar-refractivity contribution is 7.91. The second-order valence-electron chi connectivity index (χ2n) is 7.53. The number of anilines is 1. The first kappa shape index (κ1) is 26.2. The SMILES string of the molecule is COc1cc(C)c(Oc2nnc(C(F)(F)F)c(C)c2C(=O)Nc2cccc(S(C)(=N)=O)c2)c(Cl)c1. The standard InChI is InChI=1S/C22H20ClF3N4O4S/c1-11-8-14(33-3)10-16(23)18(11)34-21-17(12(2)19(29-30-21)22(24,25)26)20(31)28-13-6-5-7-15(9-13)35(4,27)32/h5-10,27H,1-4H3,(H,28,31). The molecule has 0 bridgehead atoms. The topological polar surface area (TPSA) is 114 Å². The number of benzene rings is 2. The molecule has 0 fully saturated rings. The van der Waals surface area contributed by atoms with E-state index in [-0.39, 0.29) is 21.4 Å². The van der Waals surface area contributed by atoms with Gasteiger partial charge in [-0.1, -0.05) is 17.7 Å². The van der Waals surface area contributed by atoms with Gasteiger partial charge in [0.15, 0.2) is 11.4 Å². The van der Waals surface area contributed by atoms with Crippen LogP contribution in [0.2, 0.25) is 5.02 Å². The fourth-order valence-corrected chi connectivity index (χ4v) is 4.15. The van der Waals surface area contributed by atoms with E-state index in [2.05, 4.69) is 15.5 Å². The van der Waals surface area contributed by atoms with Crippen LogP contribution in [0.3, 0.4) is 0 Å². The summed E-state index contributed by atoms with van der Waals surface area (Å²) in [6.45, 7) is 2.70. The van der Waals surface area contributed by atoms with Gasteiger partial charge in [0.05, 0.1) is 21.9 Å². The average Bonchev–Trinajstić information content (AvgIpc) is 2.74. The molecule has 0 saturated carbocycles. The number of halogens is 4. The third-order valence-electron chi connectivity index (χ3n) is 4.86. The minimum Gasteiger partial charge on any atom is -0.497 e. The van der Waals surface area contributed by atoms with Crippen LogP contribution in [0.1, 0.15) is 27.2 Å². The van der Waals surface area contributed by atoms with Crippen LogP contribution in [0.5, 0.6) is 17.4 Å². The maximum absolute atomic E-state index is 13.5. The molecule has 0 radical (unpaired) electrons. The molecule has 186 valence electrons. The lowest BCUT2D eigenvalue weighted by Gasteiger charge is -2.17. The Morgan fingerprint density at radius 2 is 1.86 bits per heavy atom. The molecule has 1 aromatic heterocycles. The van der Waals surface area contributed by atoms with Gasteiger partial charge < -0.3 is 14.8 Å². The van der Waals surface area contributed by atoms with Crippen molar-refractivity contribution in [1.29, 1.82) is 4.78 Å². The van der Waals surface area contributed by atoms with E-state index < -0.39 is 44.5 Å². The van der Waals surface area contributed by atoms with E-state index in [1.54, 1.807) is 13.0 Å². The molecular formula is C22H20ClF3N4O4S. The Morgan fingerprint density at radius 3 is 2.43 bits per heavy atom. The van der Waals surface area contributed by atoms with Gasteiger partial charge in [0.1, 0.15) is 11.3 Å². The molecular weight excluding hydrogens is 509 g/mol. The van der Waals surface area contributed by atoms with Crippen molar-refractivity contribution in [1.82, 2.24) is 10.2 Å². The Morgan fingerprint density at radius 1 is 1.17 bits per heavy atom. The molecule has 13 heteroatoms. The molecule has 0 spiro atoms. The lowest BCUT2D eigenvalue weighted by molar-refractivity contribution is -0.142. The molecule has 1 unspecified atom stereocenters. The molecule has 3 rings (SSSR count). The summed E-state index contributed by atoms with van der Waals surface area (Å²) in [5, 5.41) is 9.28. The normalized spacial score (nSPS) is 13.1. The van der Waals surface area contributed by atoms with Gasteiger partial charge in [-0.25, -0.2) is 8.99 Å². The Kier molecular flexibility index (Phi) is 7.27. The van der Waals surface area contributed by atoms with E-state index in [0.29, 0.717) is 11.3 Å². The summed E-state index contributed by atoms with van der Waals surface area (Å²) in [7, 11) is -1.66. The minimum absolute atomic E-state index is 0.0527. The second kappa shape index (κ2) is 9.70. The lowest BCUT2D eigenvalue weighted by atomic mass is 10.1. The Hall–Kier alpha value is -3.38. The van der Waals surface area contributed by atoms with E-state index in [9.17, 15) is 22.2 Å². The molecule has 35 heavy (non-hydrogen) atoms. The number of carbonyl (C=O) groups excluding carboxylic acids is 1. The van der Waals surface area contributed by atoms with Gasteiger partial charge in [0.2, 0.25) is 0 Å². The number of rotatable bonds is 6. The highest BCUT2D eigenvalue weighted by Crippen LogP contribution is 2.39. The van der Waals surface area contributed by atoms with Crippen LogP contribution in [0, 0.1) is 18.6 Å². The molecule has 0 aliphatic rings. The third-order valence-corrected chi connectivity index (χ3v) is 6.29. The van der Waals surface area contributed by atoms with Gasteiger partial charge in [0, 0.05) is 22.9 Å². The average molecular weight is 529 g/mol. The minimum atomic E-state index is -4.88. The van der Waals surface area contributed by atoms with Gasteiger partial charge in [-0.2, -0.15) is 13.2 Å². The van der Waals surface area contributed by atoms with Crippen LogP contribution >= 0.6 is 11.6 Å². The molecule has 0 aliphatic heterocycles. The van der Waals surface area contributed by atoms with Gasteiger partial charge >= 0.3 is 6.18 Å². The van der Waals surface area contributed by atoms with Gasteiger partial charge in [0.25, 0.3) is 11.8 Å². The number of carbonyl (C=O) groups is 1. The van der Waals surface area contributed by atoms with E-state index in [1.165, 1.54) is 43.7 Å². The maximum Gasteiger partial charge on any atom is 0.435 e. The predicted molar refractivity (Wildman–Crippen MR) is 124 cm³/mol. The zero-order valence-electron chi connectivity index (χ0n) is 18.9. The maximum atomic E-state index is 13.5. The number of aryl methyl sites for hydroxylation is 1. The Labute approximate surface area is 204 Å². The van der Waals surface area contributed by atoms with Crippen molar-refractivity contribution in [2.45, 2.75) is 24.9 Å². The molecule has 1 atom stereocenters. The van der Waals surface area contributed by atoms with Crippen LogP contribution in [0.15, 0.2) is 41.3 Å². The quantitative estimate of drug-likeness (QED) is 0.414. The first-order valence-corrected chi connectivity index (χ1v) is 12.2. The number of hydrogen-bond acceptors (Lipinski definition) is 7. The van der Waals surface area contributed by atoms with Crippen LogP contribution < -0.4 is 14.8 Å². The number of alkyl halides is 3. The van der Waals surface area contributed by atoms with Crippen LogP contribution in [-0.2, 0) is 15.9 Å². The fourth-order valence-electron chi connectivity index (χ4n) is 3.16. The van der Waals surface area contributed by atoms with E-state index in [0.717, 1.165) is 6.92 Å². The zero-order chi connectivity index (χ0) is 26.1. The molecule has 8 nitrogen and oxygen atoms in total. The number of ether oxygens (including phenoxy) is 2. The molecule has 3 aromatic rings. The summed E-state index contributed by atoms with van der Waals surface area (Å²) >= 11 is 6.25.